The van der Waals surface area contributed by atoms with Gasteiger partial charge >= 0.3 is 0 Å². The van der Waals surface area contributed by atoms with E-state index in [4.69, 9.17) is 4.84 Å². The number of hydrogen-bond donors (Lipinski definition) is 1. The van der Waals surface area contributed by atoms with E-state index in [0.717, 1.165) is 5.06 Å². The molecule has 6 heteroatoms. The maximum atomic E-state index is 12.8. The molecule has 2 heterocycles. The van der Waals surface area contributed by atoms with E-state index in [9.17, 15) is 15.1 Å². The van der Waals surface area contributed by atoms with Crippen LogP contribution in [0.2, 0.25) is 0 Å². The molecular formula is C18H33N2O4. The van der Waals surface area contributed by atoms with E-state index in [1.807, 2.05) is 32.8 Å². The first-order valence-electron chi connectivity index (χ1n) is 8.77. The van der Waals surface area contributed by atoms with Gasteiger partial charge in [0.05, 0.1) is 17.2 Å². The van der Waals surface area contributed by atoms with Crippen LogP contribution in [0.4, 0.5) is 0 Å². The Kier molecular flexibility index (Phi) is 4.74. The lowest BCUT2D eigenvalue weighted by Crippen LogP contribution is -2.70. The van der Waals surface area contributed by atoms with E-state index in [1.54, 1.807) is 27.7 Å². The van der Waals surface area contributed by atoms with Crippen molar-refractivity contribution in [1.29, 1.82) is 0 Å². The average Bonchev–Trinajstić information content (AvgIpc) is 2.32. The third-order valence-electron chi connectivity index (χ3n) is 5.39. The van der Waals surface area contributed by atoms with Crippen LogP contribution in [0, 0.1) is 0 Å². The van der Waals surface area contributed by atoms with Gasteiger partial charge in [0.2, 0.25) is 0 Å². The molecule has 0 bridgehead atoms. The second-order valence-corrected chi connectivity index (χ2v) is 9.87. The van der Waals surface area contributed by atoms with Gasteiger partial charge in [-0.3, -0.25) is 9.63 Å². The van der Waals surface area contributed by atoms with Crippen LogP contribution in [0.1, 0.15) is 74.7 Å². The van der Waals surface area contributed by atoms with Crippen molar-refractivity contribution >= 4 is 5.78 Å². The van der Waals surface area contributed by atoms with E-state index < -0.39 is 34.4 Å². The molecule has 2 aliphatic heterocycles. The van der Waals surface area contributed by atoms with Gasteiger partial charge in [-0.05, 0) is 68.2 Å². The molecule has 0 aromatic heterocycles. The van der Waals surface area contributed by atoms with Crippen molar-refractivity contribution in [3.05, 3.63) is 0 Å². The Balaban J connectivity index is 2.33. The summed E-state index contributed by atoms with van der Waals surface area (Å²) >= 11 is 0. The van der Waals surface area contributed by atoms with Gasteiger partial charge in [-0.15, -0.1) is 10.3 Å². The Labute approximate surface area is 145 Å². The Morgan fingerprint density at radius 3 is 1.88 bits per heavy atom. The number of aliphatic hydroxyl groups excluding tert-OH is 1. The predicted molar refractivity (Wildman–Crippen MR) is 90.4 cm³/mol. The van der Waals surface area contributed by atoms with E-state index in [2.05, 4.69) is 0 Å². The predicted octanol–water partition coefficient (Wildman–Crippen LogP) is 2.48. The third-order valence-corrected chi connectivity index (χ3v) is 5.39. The molecule has 6 nitrogen and oxygen atoms in total. The summed E-state index contributed by atoms with van der Waals surface area (Å²) in [6.45, 7) is 15.1. The third kappa shape index (κ3) is 3.27. The number of carbonyl (C=O) groups is 1. The SMILES string of the molecule is CC1(C)CC(O)CC(C)(C)N1OC1C(=O)CC(C)(C)N([O])C1(C)C. The minimum Gasteiger partial charge on any atom is -0.393 e. The molecule has 2 saturated heterocycles. The summed E-state index contributed by atoms with van der Waals surface area (Å²) in [5.41, 5.74) is -2.55. The minimum absolute atomic E-state index is 0.0465. The maximum Gasteiger partial charge on any atom is 0.167 e. The van der Waals surface area contributed by atoms with E-state index >= 15 is 0 Å². The molecule has 24 heavy (non-hydrogen) atoms. The number of hydroxylamine groups is 4. The molecule has 0 aromatic rings. The highest BCUT2D eigenvalue weighted by Crippen LogP contribution is 2.43. The molecule has 0 aliphatic carbocycles. The highest BCUT2D eigenvalue weighted by atomic mass is 16.7. The number of carbonyl (C=O) groups excluding carboxylic acids is 1. The van der Waals surface area contributed by atoms with Gasteiger partial charge in [-0.2, -0.15) is 5.06 Å². The number of aliphatic hydroxyl groups is 1. The molecule has 1 unspecified atom stereocenters. The monoisotopic (exact) mass is 341 g/mol. The van der Waals surface area contributed by atoms with Crippen LogP contribution in [0.3, 0.4) is 0 Å². The summed E-state index contributed by atoms with van der Waals surface area (Å²) in [6.07, 6.45) is 0.0630. The van der Waals surface area contributed by atoms with Crippen molar-refractivity contribution in [1.82, 2.24) is 10.1 Å². The molecule has 1 atom stereocenters. The normalized spacial score (nSPS) is 33.6. The first kappa shape index (κ1) is 19.8. The fourth-order valence-electron chi connectivity index (χ4n) is 4.66. The number of Topliss-reactive ketones (excluding diaryl/α,β-unsaturated/α-hetero) is 1. The Morgan fingerprint density at radius 1 is 0.958 bits per heavy atom. The minimum atomic E-state index is -0.957. The van der Waals surface area contributed by atoms with Crippen LogP contribution in [0.5, 0.6) is 0 Å². The van der Waals surface area contributed by atoms with Crippen molar-refractivity contribution in [2.24, 2.45) is 0 Å². The molecule has 2 fully saturated rings. The first-order chi connectivity index (χ1) is 10.6. The lowest BCUT2D eigenvalue weighted by Gasteiger charge is -2.57. The van der Waals surface area contributed by atoms with Crippen molar-refractivity contribution < 1.29 is 19.9 Å². The molecule has 2 rings (SSSR count). The Bertz CT molecular complexity index is 495. The maximum absolute atomic E-state index is 12.8. The summed E-state index contributed by atoms with van der Waals surface area (Å²) in [4.78, 5) is 19.0. The van der Waals surface area contributed by atoms with E-state index in [1.165, 1.54) is 0 Å². The van der Waals surface area contributed by atoms with Crippen LogP contribution < -0.4 is 0 Å². The first-order valence-corrected chi connectivity index (χ1v) is 8.77. The molecular weight excluding hydrogens is 308 g/mol. The van der Waals surface area contributed by atoms with Crippen LogP contribution in [-0.2, 0) is 14.8 Å². The van der Waals surface area contributed by atoms with Crippen LogP contribution in [-0.4, -0.2) is 55.4 Å². The number of ketones is 1. The van der Waals surface area contributed by atoms with Crippen LogP contribution >= 0.6 is 0 Å². The molecule has 2 aliphatic rings. The van der Waals surface area contributed by atoms with Gasteiger partial charge in [0, 0.05) is 17.5 Å². The Hall–Kier alpha value is -0.530. The van der Waals surface area contributed by atoms with E-state index in [0.29, 0.717) is 12.8 Å². The topological polar surface area (TPSA) is 72.9 Å². The zero-order valence-corrected chi connectivity index (χ0v) is 16.3. The zero-order valence-electron chi connectivity index (χ0n) is 16.3. The van der Waals surface area contributed by atoms with Crippen LogP contribution in [0.15, 0.2) is 0 Å². The second kappa shape index (κ2) is 5.74. The highest BCUT2D eigenvalue weighted by molar-refractivity contribution is 5.86. The number of nitrogens with zero attached hydrogens (tertiary/aromatic N) is 2. The molecule has 0 spiro atoms. The molecule has 0 saturated carbocycles. The lowest BCUT2D eigenvalue weighted by atomic mass is 9.78. The van der Waals surface area contributed by atoms with Crippen molar-refractivity contribution in [2.45, 2.75) is 109 Å². The smallest absolute Gasteiger partial charge is 0.167 e. The number of piperidine rings is 2. The van der Waals surface area contributed by atoms with Crippen molar-refractivity contribution in [2.75, 3.05) is 0 Å². The van der Waals surface area contributed by atoms with Crippen molar-refractivity contribution in [3.8, 4) is 0 Å². The van der Waals surface area contributed by atoms with E-state index in [-0.39, 0.29) is 12.2 Å². The average molecular weight is 341 g/mol. The van der Waals surface area contributed by atoms with Gasteiger partial charge in [0.15, 0.2) is 11.9 Å². The molecule has 1 radical (unpaired) electrons. The van der Waals surface area contributed by atoms with Gasteiger partial charge in [-0.25, -0.2) is 0 Å². The standard InChI is InChI=1S/C18H33N2O4/c1-15(2)11-13(22)14(18(7,8)19(15)23)24-20-16(3,4)9-12(21)10-17(20,5)6/h12,14,21H,9-11H2,1-8H3. The molecule has 139 valence electrons. The molecule has 0 amide bonds. The molecule has 1 N–H and O–H groups in total. The van der Waals surface area contributed by atoms with Crippen LogP contribution in [0.25, 0.3) is 0 Å². The number of hydrogen-bond acceptors (Lipinski definition) is 5. The highest BCUT2D eigenvalue weighted by Gasteiger charge is 2.56. The zero-order chi connectivity index (χ0) is 18.7. The fraction of sp³-hybridized carbons (Fsp3) is 0.944. The largest absolute Gasteiger partial charge is 0.393 e. The number of rotatable bonds is 2. The van der Waals surface area contributed by atoms with Gasteiger partial charge in [-0.1, -0.05) is 0 Å². The quantitative estimate of drug-likeness (QED) is 0.835. The van der Waals surface area contributed by atoms with Gasteiger partial charge < -0.3 is 5.11 Å². The summed E-state index contributed by atoms with van der Waals surface area (Å²) in [5, 5.41) is 25.8. The summed E-state index contributed by atoms with van der Waals surface area (Å²) in [6, 6.07) is 0. The lowest BCUT2D eigenvalue weighted by molar-refractivity contribution is -0.361. The fourth-order valence-corrected chi connectivity index (χ4v) is 4.66. The summed E-state index contributed by atoms with van der Waals surface area (Å²) in [5.74, 6) is -0.0465. The van der Waals surface area contributed by atoms with Crippen molar-refractivity contribution in [3.63, 3.8) is 0 Å². The Morgan fingerprint density at radius 2 is 1.42 bits per heavy atom. The molecule has 0 aromatic carbocycles. The van der Waals surface area contributed by atoms with Gasteiger partial charge in [0.1, 0.15) is 0 Å². The van der Waals surface area contributed by atoms with Gasteiger partial charge in [0.25, 0.3) is 0 Å². The summed E-state index contributed by atoms with van der Waals surface area (Å²) < 4.78 is 0. The summed E-state index contributed by atoms with van der Waals surface area (Å²) in [7, 11) is 0. The second-order valence-electron chi connectivity index (χ2n) is 9.87.